The maximum atomic E-state index is 8.97. The lowest BCUT2D eigenvalue weighted by atomic mass is 10.1. The topological polar surface area (TPSA) is 51.0 Å². The molecule has 0 fully saturated rings. The molecule has 4 nitrogen and oxygen atoms in total. The van der Waals surface area contributed by atoms with Gasteiger partial charge in [-0.15, -0.1) is 0 Å². The van der Waals surface area contributed by atoms with Crippen LogP contribution in [0.1, 0.15) is 18.1 Å². The monoisotopic (exact) mass is 339 g/mol. The van der Waals surface area contributed by atoms with Gasteiger partial charge in [0.2, 0.25) is 0 Å². The van der Waals surface area contributed by atoms with Crippen molar-refractivity contribution in [2.75, 3.05) is 20.3 Å². The molecule has 1 aliphatic rings. The first kappa shape index (κ1) is 15.1. The molecule has 1 aromatic rings. The van der Waals surface area contributed by atoms with E-state index in [-0.39, 0.29) is 19.1 Å². The van der Waals surface area contributed by atoms with Gasteiger partial charge in [0.05, 0.1) is 25.3 Å². The fourth-order valence-corrected chi connectivity index (χ4v) is 2.76. The number of aliphatic hydroxyl groups excluding tert-OH is 1. The van der Waals surface area contributed by atoms with E-state index in [1.807, 2.05) is 32.1 Å². The van der Waals surface area contributed by atoms with Gasteiger partial charge < -0.3 is 14.6 Å². The lowest BCUT2D eigenvalue weighted by Crippen LogP contribution is -2.10. The Balaban J connectivity index is 2.58. The number of halogens is 1. The smallest absolute Gasteiger partial charge is 0.195 e. The molecule has 1 aliphatic heterocycles. The van der Waals surface area contributed by atoms with Gasteiger partial charge in [0.1, 0.15) is 12.4 Å². The second kappa shape index (κ2) is 6.41. The van der Waals surface area contributed by atoms with Crippen LogP contribution in [0.4, 0.5) is 5.69 Å². The highest BCUT2D eigenvalue weighted by atomic mass is 79.9. The van der Waals surface area contributed by atoms with Crippen LogP contribution in [0, 0.1) is 12.8 Å². The van der Waals surface area contributed by atoms with Crippen LogP contribution in [0.5, 0.6) is 0 Å². The molecule has 1 unspecified atom stereocenters. The van der Waals surface area contributed by atoms with E-state index in [9.17, 15) is 0 Å². The molecular weight excluding hydrogens is 322 g/mol. The maximum Gasteiger partial charge on any atom is 0.195 e. The van der Waals surface area contributed by atoms with Gasteiger partial charge >= 0.3 is 0 Å². The minimum Gasteiger partial charge on any atom is -0.491 e. The van der Waals surface area contributed by atoms with Crippen molar-refractivity contribution in [2.24, 2.45) is 10.9 Å². The van der Waals surface area contributed by atoms with Crippen LogP contribution in [0.25, 0.3) is 5.76 Å². The minimum atomic E-state index is -0.0218. The van der Waals surface area contributed by atoms with Gasteiger partial charge in [0.25, 0.3) is 0 Å². The summed E-state index contributed by atoms with van der Waals surface area (Å²) in [6.45, 7) is 4.23. The second-order valence-corrected chi connectivity index (χ2v) is 5.58. The van der Waals surface area contributed by atoms with Crippen molar-refractivity contribution in [1.29, 1.82) is 0 Å². The van der Waals surface area contributed by atoms with Crippen LogP contribution in [0.2, 0.25) is 0 Å². The van der Waals surface area contributed by atoms with Crippen LogP contribution in [-0.2, 0) is 9.47 Å². The molecule has 0 amide bonds. The number of methoxy groups -OCH3 is 1. The first-order valence-corrected chi connectivity index (χ1v) is 7.24. The molecule has 0 aliphatic carbocycles. The maximum absolute atomic E-state index is 8.97. The van der Waals surface area contributed by atoms with Crippen molar-refractivity contribution in [3.05, 3.63) is 33.8 Å². The molecule has 0 aromatic heterocycles. The highest BCUT2D eigenvalue weighted by Crippen LogP contribution is 2.37. The summed E-state index contributed by atoms with van der Waals surface area (Å²) in [6.07, 6.45) is 1.97. The van der Waals surface area contributed by atoms with Crippen molar-refractivity contribution < 1.29 is 14.6 Å². The number of aliphatic imine (C=N–C) groups is 1. The van der Waals surface area contributed by atoms with E-state index >= 15 is 0 Å². The third-order valence-corrected chi connectivity index (χ3v) is 3.56. The fraction of sp³-hybridized carbons (Fsp3) is 0.400. The molecule has 1 aromatic carbocycles. The van der Waals surface area contributed by atoms with Gasteiger partial charge in [-0.25, -0.2) is 4.99 Å². The Bertz CT molecular complexity index is 566. The number of ether oxygens (including phenoxy) is 2. The van der Waals surface area contributed by atoms with E-state index in [4.69, 9.17) is 14.6 Å². The van der Waals surface area contributed by atoms with Crippen molar-refractivity contribution in [3.8, 4) is 0 Å². The Morgan fingerprint density at radius 1 is 1.40 bits per heavy atom. The molecule has 0 radical (unpaired) electrons. The normalized spacial score (nSPS) is 17.8. The molecule has 1 atom stereocenters. The second-order valence-electron chi connectivity index (χ2n) is 4.66. The molecule has 5 heteroatoms. The number of nitrogens with zero attached hydrogens (tertiary/aromatic N) is 1. The number of fused-ring (bicyclic) bond motifs is 1. The van der Waals surface area contributed by atoms with Crippen LogP contribution < -0.4 is 0 Å². The molecule has 0 saturated heterocycles. The van der Waals surface area contributed by atoms with Gasteiger partial charge in [-0.3, -0.25) is 0 Å². The van der Waals surface area contributed by atoms with Crippen LogP contribution in [-0.4, -0.2) is 31.3 Å². The first-order valence-electron chi connectivity index (χ1n) is 6.45. The summed E-state index contributed by atoms with van der Waals surface area (Å²) < 4.78 is 12.0. The summed E-state index contributed by atoms with van der Waals surface area (Å²) in [6, 6.07) is 3.98. The Hall–Kier alpha value is -1.33. The minimum absolute atomic E-state index is 0.0132. The highest BCUT2D eigenvalue weighted by Gasteiger charge is 2.21. The third-order valence-electron chi connectivity index (χ3n) is 3.10. The van der Waals surface area contributed by atoms with Gasteiger partial charge in [-0.2, -0.15) is 0 Å². The van der Waals surface area contributed by atoms with E-state index in [0.29, 0.717) is 5.90 Å². The van der Waals surface area contributed by atoms with Crippen molar-refractivity contribution in [2.45, 2.75) is 13.8 Å². The van der Waals surface area contributed by atoms with E-state index in [1.165, 1.54) is 0 Å². The summed E-state index contributed by atoms with van der Waals surface area (Å²) in [5.41, 5.74) is 2.79. The Morgan fingerprint density at radius 2 is 2.15 bits per heavy atom. The van der Waals surface area contributed by atoms with Gasteiger partial charge in [0.15, 0.2) is 5.90 Å². The predicted octanol–water partition coefficient (Wildman–Crippen LogP) is 3.43. The molecule has 1 heterocycles. The molecule has 2 rings (SSSR count). The Labute approximate surface area is 127 Å². The number of hydrogen-bond donors (Lipinski definition) is 1. The number of hydrogen-bond acceptors (Lipinski definition) is 4. The number of rotatable bonds is 3. The first-order chi connectivity index (χ1) is 9.56. The van der Waals surface area contributed by atoms with Crippen LogP contribution in [0.3, 0.4) is 0 Å². The zero-order valence-electron chi connectivity index (χ0n) is 11.8. The predicted molar refractivity (Wildman–Crippen MR) is 83.2 cm³/mol. The zero-order chi connectivity index (χ0) is 14.7. The Morgan fingerprint density at radius 3 is 2.80 bits per heavy atom. The van der Waals surface area contributed by atoms with Gasteiger partial charge in [-0.05, 0) is 30.7 Å². The SMILES string of the molecule is COC1=Nc2c(C)cc(Br)cc2C(OCCO)=CC1C. The van der Waals surface area contributed by atoms with Crippen LogP contribution in [0.15, 0.2) is 27.7 Å². The standard InChI is InChI=1S/C15H18BrNO3/c1-9-6-11(16)8-12-13(20-5-4-18)7-10(2)15(19-3)17-14(9)12/h6-8,10,18H,4-5H2,1-3H3. The van der Waals surface area contributed by atoms with Gasteiger partial charge in [0, 0.05) is 10.0 Å². The average molecular weight is 340 g/mol. The summed E-state index contributed by atoms with van der Waals surface area (Å²) in [5, 5.41) is 8.97. The molecule has 108 valence electrons. The molecule has 20 heavy (non-hydrogen) atoms. The average Bonchev–Trinajstić information content (AvgIpc) is 2.54. The quantitative estimate of drug-likeness (QED) is 0.917. The fourth-order valence-electron chi connectivity index (χ4n) is 2.18. The van der Waals surface area contributed by atoms with Crippen molar-refractivity contribution in [3.63, 3.8) is 0 Å². The summed E-state index contributed by atoms with van der Waals surface area (Å²) in [4.78, 5) is 4.62. The van der Waals surface area contributed by atoms with Crippen LogP contribution >= 0.6 is 15.9 Å². The molecule has 0 saturated carbocycles. The lowest BCUT2D eigenvalue weighted by Gasteiger charge is -2.13. The highest BCUT2D eigenvalue weighted by molar-refractivity contribution is 9.10. The summed E-state index contributed by atoms with van der Waals surface area (Å²) in [7, 11) is 1.62. The van der Waals surface area contributed by atoms with Crippen molar-refractivity contribution in [1.82, 2.24) is 0 Å². The number of aryl methyl sites for hydroxylation is 1. The van der Waals surface area contributed by atoms with E-state index in [0.717, 1.165) is 27.0 Å². The molecule has 0 bridgehead atoms. The van der Waals surface area contributed by atoms with Gasteiger partial charge in [-0.1, -0.05) is 22.9 Å². The molecular formula is C15H18BrNO3. The largest absolute Gasteiger partial charge is 0.491 e. The zero-order valence-corrected chi connectivity index (χ0v) is 13.4. The van der Waals surface area contributed by atoms with E-state index in [1.54, 1.807) is 7.11 Å². The molecule has 0 spiro atoms. The van der Waals surface area contributed by atoms with E-state index in [2.05, 4.69) is 20.9 Å². The molecule has 1 N–H and O–H groups in total. The number of aliphatic hydroxyl groups is 1. The summed E-state index contributed by atoms with van der Waals surface area (Å²) in [5.74, 6) is 1.39. The Kier molecular flexibility index (Phi) is 4.83. The number of benzene rings is 1. The summed E-state index contributed by atoms with van der Waals surface area (Å²) >= 11 is 3.50. The third kappa shape index (κ3) is 3.04. The van der Waals surface area contributed by atoms with E-state index < -0.39 is 0 Å². The van der Waals surface area contributed by atoms with Crippen molar-refractivity contribution >= 4 is 33.3 Å². The lowest BCUT2D eigenvalue weighted by molar-refractivity contribution is 0.180.